The van der Waals surface area contributed by atoms with Crippen LogP contribution >= 0.6 is 0 Å². The highest BCUT2D eigenvalue weighted by molar-refractivity contribution is 5.72. The summed E-state index contributed by atoms with van der Waals surface area (Å²) in [6.45, 7) is 0. The molecule has 2 fully saturated rings. The number of rotatable bonds is 1. The van der Waals surface area contributed by atoms with E-state index in [0.29, 0.717) is 11.8 Å². The molecule has 2 aliphatic rings. The molecule has 4 unspecified atom stereocenters. The van der Waals surface area contributed by atoms with Gasteiger partial charge in [-0.05, 0) is 24.7 Å². The Morgan fingerprint density at radius 1 is 1.50 bits per heavy atom. The van der Waals surface area contributed by atoms with Crippen LogP contribution < -0.4 is 5.73 Å². The fourth-order valence-corrected chi connectivity index (χ4v) is 2.23. The van der Waals surface area contributed by atoms with Gasteiger partial charge in [-0.15, -0.1) is 0 Å². The summed E-state index contributed by atoms with van der Waals surface area (Å²) in [6, 6.07) is 0.204. The molecule has 3 heteroatoms. The second kappa shape index (κ2) is 1.72. The van der Waals surface area contributed by atoms with Crippen molar-refractivity contribution >= 4 is 5.97 Å². The minimum absolute atomic E-state index is 0.125. The van der Waals surface area contributed by atoms with Crippen molar-refractivity contribution in [1.29, 1.82) is 0 Å². The first-order valence-corrected chi connectivity index (χ1v) is 3.70. The Morgan fingerprint density at radius 2 is 2.20 bits per heavy atom. The van der Waals surface area contributed by atoms with Crippen molar-refractivity contribution in [3.05, 3.63) is 0 Å². The second-order valence-electron chi connectivity index (χ2n) is 3.34. The molecule has 0 radical (unpaired) electrons. The molecule has 0 aromatic rings. The van der Waals surface area contributed by atoms with Gasteiger partial charge in [0.05, 0.1) is 5.92 Å². The van der Waals surface area contributed by atoms with Gasteiger partial charge in [0.2, 0.25) is 0 Å². The standard InChI is InChI=1S/C7H11NO2/c8-6-3-1-2-4(5(3)6)7(9)10/h3-6H,1-2,8H2,(H,9,10). The molecule has 3 N–H and O–H groups in total. The average molecular weight is 141 g/mol. The molecule has 3 nitrogen and oxygen atoms in total. The van der Waals surface area contributed by atoms with E-state index in [1.54, 1.807) is 0 Å². The van der Waals surface area contributed by atoms with Gasteiger partial charge in [-0.25, -0.2) is 0 Å². The van der Waals surface area contributed by atoms with Gasteiger partial charge in [-0.3, -0.25) is 4.79 Å². The first-order chi connectivity index (χ1) is 4.72. The van der Waals surface area contributed by atoms with E-state index in [0.717, 1.165) is 12.8 Å². The molecular weight excluding hydrogens is 130 g/mol. The van der Waals surface area contributed by atoms with E-state index in [1.807, 2.05) is 0 Å². The number of carboxylic acids is 1. The van der Waals surface area contributed by atoms with Crippen LogP contribution in [0.25, 0.3) is 0 Å². The van der Waals surface area contributed by atoms with E-state index in [9.17, 15) is 4.79 Å². The Morgan fingerprint density at radius 3 is 2.50 bits per heavy atom. The van der Waals surface area contributed by atoms with E-state index < -0.39 is 5.97 Å². The number of aliphatic carboxylic acids is 1. The van der Waals surface area contributed by atoms with Gasteiger partial charge in [0.15, 0.2) is 0 Å². The molecular formula is C7H11NO2. The van der Waals surface area contributed by atoms with Crippen LogP contribution in [0.1, 0.15) is 12.8 Å². The van der Waals surface area contributed by atoms with E-state index in [-0.39, 0.29) is 12.0 Å². The largest absolute Gasteiger partial charge is 0.481 e. The highest BCUT2D eigenvalue weighted by atomic mass is 16.4. The van der Waals surface area contributed by atoms with Gasteiger partial charge >= 0.3 is 5.97 Å². The van der Waals surface area contributed by atoms with Crippen LogP contribution in [-0.2, 0) is 4.79 Å². The topological polar surface area (TPSA) is 63.3 Å². The van der Waals surface area contributed by atoms with Crippen molar-refractivity contribution in [1.82, 2.24) is 0 Å². The smallest absolute Gasteiger partial charge is 0.306 e. The normalized spacial score (nSPS) is 50.5. The maximum atomic E-state index is 10.5. The number of carbonyl (C=O) groups is 1. The molecule has 0 aromatic carbocycles. The third-order valence-corrected chi connectivity index (χ3v) is 2.89. The van der Waals surface area contributed by atoms with Crippen LogP contribution in [0.15, 0.2) is 0 Å². The van der Waals surface area contributed by atoms with E-state index in [2.05, 4.69) is 0 Å². The van der Waals surface area contributed by atoms with E-state index >= 15 is 0 Å². The SMILES string of the molecule is NC1C2CCC(C(=O)O)C12. The van der Waals surface area contributed by atoms with Crippen LogP contribution in [0.2, 0.25) is 0 Å². The minimum Gasteiger partial charge on any atom is -0.481 e. The van der Waals surface area contributed by atoms with Crippen molar-refractivity contribution in [2.75, 3.05) is 0 Å². The Bertz CT molecular complexity index is 180. The molecule has 0 saturated heterocycles. The number of carboxylic acid groups (broad SMARTS) is 1. The predicted octanol–water partition coefficient (Wildman–Crippen LogP) is 0.0543. The Balaban J connectivity index is 2.07. The molecule has 4 atom stereocenters. The number of hydrogen-bond acceptors (Lipinski definition) is 2. The van der Waals surface area contributed by atoms with Crippen molar-refractivity contribution in [2.45, 2.75) is 18.9 Å². The van der Waals surface area contributed by atoms with Crippen LogP contribution in [0.3, 0.4) is 0 Å². The monoisotopic (exact) mass is 141 g/mol. The lowest BCUT2D eigenvalue weighted by Crippen LogP contribution is -2.19. The van der Waals surface area contributed by atoms with Crippen LogP contribution in [-0.4, -0.2) is 17.1 Å². The zero-order chi connectivity index (χ0) is 7.30. The Hall–Kier alpha value is -0.570. The quantitative estimate of drug-likeness (QED) is 0.542. The summed E-state index contributed by atoms with van der Waals surface area (Å²) in [5.41, 5.74) is 5.64. The second-order valence-corrected chi connectivity index (χ2v) is 3.34. The summed E-state index contributed by atoms with van der Waals surface area (Å²) in [5.74, 6) is 0.0825. The molecule has 0 aliphatic heterocycles. The van der Waals surface area contributed by atoms with E-state index in [4.69, 9.17) is 10.8 Å². The third kappa shape index (κ3) is 0.611. The summed E-state index contributed by atoms with van der Waals surface area (Å²) >= 11 is 0. The predicted molar refractivity (Wildman–Crippen MR) is 35.3 cm³/mol. The van der Waals surface area contributed by atoms with Crippen LogP contribution in [0.4, 0.5) is 0 Å². The number of hydrogen-bond donors (Lipinski definition) is 2. The van der Waals surface area contributed by atoms with Crippen molar-refractivity contribution in [3.63, 3.8) is 0 Å². The maximum absolute atomic E-state index is 10.5. The molecule has 0 heterocycles. The van der Waals surface area contributed by atoms with Crippen molar-refractivity contribution in [3.8, 4) is 0 Å². The molecule has 0 spiro atoms. The molecule has 2 rings (SSSR count). The van der Waals surface area contributed by atoms with Gasteiger partial charge in [0.1, 0.15) is 0 Å². The van der Waals surface area contributed by atoms with Crippen molar-refractivity contribution < 1.29 is 9.90 Å². The summed E-state index contributed by atoms with van der Waals surface area (Å²) < 4.78 is 0. The Kier molecular flexibility index (Phi) is 1.06. The summed E-state index contributed by atoms with van der Waals surface area (Å²) in [6.07, 6.45) is 1.88. The molecule has 56 valence electrons. The summed E-state index contributed by atoms with van der Waals surface area (Å²) in [5, 5.41) is 8.67. The molecule has 2 aliphatic carbocycles. The fourth-order valence-electron chi connectivity index (χ4n) is 2.23. The zero-order valence-corrected chi connectivity index (χ0v) is 5.66. The number of fused-ring (bicyclic) bond motifs is 1. The summed E-state index contributed by atoms with van der Waals surface area (Å²) in [7, 11) is 0. The van der Waals surface area contributed by atoms with Gasteiger partial charge in [0.25, 0.3) is 0 Å². The molecule has 10 heavy (non-hydrogen) atoms. The first kappa shape index (κ1) is 6.16. The Labute approximate surface area is 59.2 Å². The highest BCUT2D eigenvalue weighted by Gasteiger charge is 2.58. The van der Waals surface area contributed by atoms with Gasteiger partial charge < -0.3 is 10.8 Å². The van der Waals surface area contributed by atoms with Gasteiger partial charge in [0, 0.05) is 6.04 Å². The van der Waals surface area contributed by atoms with Crippen molar-refractivity contribution in [2.24, 2.45) is 23.5 Å². The maximum Gasteiger partial charge on any atom is 0.306 e. The first-order valence-electron chi connectivity index (χ1n) is 3.70. The molecule has 0 bridgehead atoms. The van der Waals surface area contributed by atoms with Gasteiger partial charge in [-0.2, -0.15) is 0 Å². The van der Waals surface area contributed by atoms with E-state index in [1.165, 1.54) is 0 Å². The van der Waals surface area contributed by atoms with Crippen LogP contribution in [0.5, 0.6) is 0 Å². The lowest BCUT2D eigenvalue weighted by atomic mass is 10.0. The average Bonchev–Trinajstić information content (AvgIpc) is 2.42. The third-order valence-electron chi connectivity index (χ3n) is 2.89. The lowest BCUT2D eigenvalue weighted by Gasteiger charge is -2.05. The molecule has 2 saturated carbocycles. The van der Waals surface area contributed by atoms with Crippen LogP contribution in [0, 0.1) is 17.8 Å². The molecule has 0 amide bonds. The summed E-state index contributed by atoms with van der Waals surface area (Å²) in [4.78, 5) is 10.5. The fraction of sp³-hybridized carbons (Fsp3) is 0.857. The van der Waals surface area contributed by atoms with Gasteiger partial charge in [-0.1, -0.05) is 0 Å². The number of nitrogens with two attached hydrogens (primary N) is 1. The zero-order valence-electron chi connectivity index (χ0n) is 5.66. The lowest BCUT2D eigenvalue weighted by molar-refractivity contribution is -0.142. The minimum atomic E-state index is -0.652. The highest BCUT2D eigenvalue weighted by Crippen LogP contribution is 2.54. The molecule has 0 aromatic heterocycles.